The van der Waals surface area contributed by atoms with Crippen LogP contribution in [0.25, 0.3) is 0 Å². The van der Waals surface area contributed by atoms with Crippen LogP contribution >= 0.6 is 0 Å². The molecule has 1 rings (SSSR count). The van der Waals surface area contributed by atoms with Crippen molar-refractivity contribution in [2.45, 2.75) is 53.0 Å². The van der Waals surface area contributed by atoms with Crippen LogP contribution in [0.5, 0.6) is 0 Å². The lowest BCUT2D eigenvalue weighted by molar-refractivity contribution is 0.547. The summed E-state index contributed by atoms with van der Waals surface area (Å²) in [4.78, 5) is 0. The summed E-state index contributed by atoms with van der Waals surface area (Å²) < 4.78 is 2.07. The molecule has 0 saturated carbocycles. The predicted octanol–water partition coefficient (Wildman–Crippen LogP) is 2.76. The van der Waals surface area contributed by atoms with Crippen molar-refractivity contribution in [2.75, 3.05) is 0 Å². The molecule has 0 N–H and O–H groups in total. The van der Waals surface area contributed by atoms with Crippen molar-refractivity contribution in [1.82, 2.24) is 9.78 Å². The van der Waals surface area contributed by atoms with Gasteiger partial charge < -0.3 is 0 Å². The maximum Gasteiger partial charge on any atom is 0.0628 e. The first kappa shape index (κ1) is 11.8. The molecule has 0 spiro atoms. The van der Waals surface area contributed by atoms with E-state index in [1.54, 1.807) is 0 Å². The Morgan fingerprint density at radius 1 is 1.33 bits per heavy atom. The molecule has 0 aliphatic rings. The minimum Gasteiger partial charge on any atom is -0.269 e. The van der Waals surface area contributed by atoms with Gasteiger partial charge in [0.25, 0.3) is 0 Å². The van der Waals surface area contributed by atoms with Crippen molar-refractivity contribution >= 4 is 0 Å². The van der Waals surface area contributed by atoms with Gasteiger partial charge in [0.05, 0.1) is 11.8 Å². The van der Waals surface area contributed by atoms with Crippen LogP contribution in [0.1, 0.15) is 43.1 Å². The Morgan fingerprint density at radius 2 is 2.07 bits per heavy atom. The Labute approximate surface area is 91.7 Å². The topological polar surface area (TPSA) is 41.6 Å². The summed E-state index contributed by atoms with van der Waals surface area (Å²) in [5, 5.41) is 12.9. The first-order chi connectivity index (χ1) is 7.20. The monoisotopic (exact) mass is 205 g/mol. The van der Waals surface area contributed by atoms with E-state index < -0.39 is 0 Å². The second kappa shape index (κ2) is 5.55. The Kier molecular flexibility index (Phi) is 4.36. The van der Waals surface area contributed by atoms with Crippen molar-refractivity contribution < 1.29 is 0 Å². The SMILES string of the molecule is CCc1c(C)nn(CCCCC#N)c1C. The number of hydrogen-bond donors (Lipinski definition) is 0. The molecule has 3 nitrogen and oxygen atoms in total. The lowest BCUT2D eigenvalue weighted by Crippen LogP contribution is -2.02. The highest BCUT2D eigenvalue weighted by molar-refractivity contribution is 5.24. The number of hydrogen-bond acceptors (Lipinski definition) is 2. The third-order valence-electron chi connectivity index (χ3n) is 2.79. The van der Waals surface area contributed by atoms with Crippen LogP contribution in [0.2, 0.25) is 0 Å². The average Bonchev–Trinajstić information content (AvgIpc) is 2.49. The van der Waals surface area contributed by atoms with Crippen LogP contribution in [0.15, 0.2) is 0 Å². The molecule has 0 aromatic carbocycles. The van der Waals surface area contributed by atoms with Crippen molar-refractivity contribution in [2.24, 2.45) is 0 Å². The second-order valence-electron chi connectivity index (χ2n) is 3.84. The smallest absolute Gasteiger partial charge is 0.0628 e. The molecular formula is C12H19N3. The summed E-state index contributed by atoms with van der Waals surface area (Å²) in [6, 6.07) is 2.17. The van der Waals surface area contributed by atoms with E-state index in [4.69, 9.17) is 5.26 Å². The fraction of sp³-hybridized carbons (Fsp3) is 0.667. The molecule has 0 aliphatic heterocycles. The highest BCUT2D eigenvalue weighted by atomic mass is 15.3. The largest absolute Gasteiger partial charge is 0.269 e. The minimum atomic E-state index is 0.653. The van der Waals surface area contributed by atoms with Crippen LogP contribution in [0.4, 0.5) is 0 Å². The number of nitriles is 1. The lowest BCUT2D eigenvalue weighted by atomic mass is 10.1. The summed E-state index contributed by atoms with van der Waals surface area (Å²) in [5.41, 5.74) is 3.80. The summed E-state index contributed by atoms with van der Waals surface area (Å²) >= 11 is 0. The van der Waals surface area contributed by atoms with Crippen LogP contribution in [-0.2, 0) is 13.0 Å². The maximum absolute atomic E-state index is 8.43. The average molecular weight is 205 g/mol. The van der Waals surface area contributed by atoms with E-state index in [0.29, 0.717) is 6.42 Å². The molecule has 3 heteroatoms. The second-order valence-corrected chi connectivity index (χ2v) is 3.84. The van der Waals surface area contributed by atoms with Crippen molar-refractivity contribution in [3.05, 3.63) is 17.0 Å². The van der Waals surface area contributed by atoms with Gasteiger partial charge >= 0.3 is 0 Å². The Bertz CT molecular complexity index is 358. The first-order valence-corrected chi connectivity index (χ1v) is 5.60. The van der Waals surface area contributed by atoms with Gasteiger partial charge in [-0.15, -0.1) is 0 Å². The van der Waals surface area contributed by atoms with Gasteiger partial charge in [0.1, 0.15) is 0 Å². The molecule has 82 valence electrons. The van der Waals surface area contributed by atoms with E-state index in [0.717, 1.165) is 31.5 Å². The number of aryl methyl sites for hydroxylation is 2. The van der Waals surface area contributed by atoms with Crippen LogP contribution < -0.4 is 0 Å². The van der Waals surface area contributed by atoms with E-state index in [1.165, 1.54) is 11.3 Å². The van der Waals surface area contributed by atoms with Crippen molar-refractivity contribution in [3.63, 3.8) is 0 Å². The zero-order valence-corrected chi connectivity index (χ0v) is 9.88. The number of unbranched alkanes of at least 4 members (excludes halogenated alkanes) is 2. The van der Waals surface area contributed by atoms with Gasteiger partial charge in [-0.3, -0.25) is 4.68 Å². The van der Waals surface area contributed by atoms with Gasteiger partial charge in [0.15, 0.2) is 0 Å². The number of nitrogens with zero attached hydrogens (tertiary/aromatic N) is 3. The van der Waals surface area contributed by atoms with Gasteiger partial charge in [-0.1, -0.05) is 6.92 Å². The highest BCUT2D eigenvalue weighted by Crippen LogP contribution is 2.14. The van der Waals surface area contributed by atoms with Gasteiger partial charge in [-0.25, -0.2) is 0 Å². The van der Waals surface area contributed by atoms with E-state index in [2.05, 4.69) is 36.6 Å². The third kappa shape index (κ3) is 2.82. The normalized spacial score (nSPS) is 10.3. The summed E-state index contributed by atoms with van der Waals surface area (Å²) in [6.45, 7) is 7.30. The number of rotatable bonds is 5. The molecule has 15 heavy (non-hydrogen) atoms. The standard InChI is InChI=1S/C12H19N3/c1-4-12-10(2)14-15(11(12)3)9-7-5-6-8-13/h4-7,9H2,1-3H3. The quantitative estimate of drug-likeness (QED) is 0.693. The van der Waals surface area contributed by atoms with Gasteiger partial charge in [-0.05, 0) is 38.7 Å². The van der Waals surface area contributed by atoms with Crippen LogP contribution in [-0.4, -0.2) is 9.78 Å². The summed E-state index contributed by atoms with van der Waals surface area (Å²) in [7, 11) is 0. The fourth-order valence-electron chi connectivity index (χ4n) is 1.93. The molecule has 1 aromatic heterocycles. The molecule has 0 bridgehead atoms. The Balaban J connectivity index is 2.59. The zero-order chi connectivity index (χ0) is 11.3. The molecule has 0 amide bonds. The van der Waals surface area contributed by atoms with E-state index >= 15 is 0 Å². The molecule has 1 heterocycles. The zero-order valence-electron chi connectivity index (χ0n) is 9.88. The molecule has 0 atom stereocenters. The van der Waals surface area contributed by atoms with Gasteiger partial charge in [-0.2, -0.15) is 10.4 Å². The molecule has 0 aliphatic carbocycles. The molecular weight excluding hydrogens is 186 g/mol. The molecule has 0 saturated heterocycles. The van der Waals surface area contributed by atoms with Crippen molar-refractivity contribution in [1.29, 1.82) is 5.26 Å². The van der Waals surface area contributed by atoms with E-state index in [-0.39, 0.29) is 0 Å². The number of aromatic nitrogens is 2. The summed E-state index contributed by atoms with van der Waals surface area (Å²) in [5.74, 6) is 0. The molecule has 0 radical (unpaired) electrons. The molecule has 0 fully saturated rings. The molecule has 0 unspecified atom stereocenters. The lowest BCUT2D eigenvalue weighted by Gasteiger charge is -2.03. The maximum atomic E-state index is 8.43. The van der Waals surface area contributed by atoms with Crippen LogP contribution in [0.3, 0.4) is 0 Å². The van der Waals surface area contributed by atoms with Gasteiger partial charge in [0, 0.05) is 18.7 Å². The Morgan fingerprint density at radius 3 is 2.60 bits per heavy atom. The Hall–Kier alpha value is -1.30. The van der Waals surface area contributed by atoms with Gasteiger partial charge in [0.2, 0.25) is 0 Å². The summed E-state index contributed by atoms with van der Waals surface area (Å²) in [6.07, 6.45) is 3.71. The molecule has 1 aromatic rings. The third-order valence-corrected chi connectivity index (χ3v) is 2.79. The van der Waals surface area contributed by atoms with Crippen molar-refractivity contribution in [3.8, 4) is 6.07 Å². The van der Waals surface area contributed by atoms with Crippen LogP contribution in [0, 0.1) is 25.2 Å². The van der Waals surface area contributed by atoms with E-state index in [1.807, 2.05) is 0 Å². The van der Waals surface area contributed by atoms with E-state index in [9.17, 15) is 0 Å². The fourth-order valence-corrected chi connectivity index (χ4v) is 1.93. The minimum absolute atomic E-state index is 0.653. The first-order valence-electron chi connectivity index (χ1n) is 5.60. The highest BCUT2D eigenvalue weighted by Gasteiger charge is 2.08. The predicted molar refractivity (Wildman–Crippen MR) is 60.5 cm³/mol.